The van der Waals surface area contributed by atoms with E-state index in [0.29, 0.717) is 5.56 Å². The van der Waals surface area contributed by atoms with Gasteiger partial charge < -0.3 is 10.2 Å². The number of aliphatic hydroxyl groups excluding tert-OH is 2. The number of benzene rings is 1. The average Bonchev–Trinajstić information content (AvgIpc) is 2.35. The highest BCUT2D eigenvalue weighted by Crippen LogP contribution is 2.22. The van der Waals surface area contributed by atoms with Gasteiger partial charge in [0.15, 0.2) is 17.8 Å². The second-order valence-corrected chi connectivity index (χ2v) is 4.04. The highest BCUT2D eigenvalue weighted by molar-refractivity contribution is 5.83. The molecule has 0 saturated carbocycles. The molecule has 0 aliphatic rings. The minimum Gasteiger partial charge on any atom is -0.504 e. The lowest BCUT2D eigenvalue weighted by Crippen LogP contribution is -1.98. The van der Waals surface area contributed by atoms with Gasteiger partial charge in [0, 0.05) is 5.56 Å². The zero-order valence-corrected chi connectivity index (χ0v) is 10.2. The smallest absolute Gasteiger partial charge is 0.198 e. The Bertz CT molecular complexity index is 433. The fourth-order valence-electron chi connectivity index (χ4n) is 1.77. The summed E-state index contributed by atoms with van der Waals surface area (Å²) in [6, 6.07) is 5.52. The van der Waals surface area contributed by atoms with Crippen molar-refractivity contribution in [2.45, 2.75) is 33.1 Å². The lowest BCUT2D eigenvalue weighted by molar-refractivity contribution is -0.107. The summed E-state index contributed by atoms with van der Waals surface area (Å²) in [7, 11) is 0. The number of hydrogen-bond donors (Lipinski definition) is 2. The van der Waals surface area contributed by atoms with Gasteiger partial charge in [-0.25, -0.2) is 0 Å². The highest BCUT2D eigenvalue weighted by Gasteiger charge is 2.11. The van der Waals surface area contributed by atoms with E-state index in [1.807, 2.05) is 19.1 Å². The number of aliphatic hydroxyl groups is 2. The van der Waals surface area contributed by atoms with E-state index in [4.69, 9.17) is 0 Å². The second kappa shape index (κ2) is 6.09. The summed E-state index contributed by atoms with van der Waals surface area (Å²) in [6.45, 7) is 4.00. The molecule has 3 nitrogen and oxygen atoms in total. The molecule has 0 aliphatic heterocycles. The van der Waals surface area contributed by atoms with Crippen LogP contribution >= 0.6 is 0 Å². The summed E-state index contributed by atoms with van der Waals surface area (Å²) in [5.41, 5.74) is 2.56. The fraction of sp³-hybridized carbons (Fsp3) is 0.357. The molecule has 0 saturated heterocycles. The lowest BCUT2D eigenvalue weighted by atomic mass is 9.97. The van der Waals surface area contributed by atoms with Gasteiger partial charge in [0.25, 0.3) is 0 Å². The molecule has 0 aromatic heterocycles. The van der Waals surface area contributed by atoms with Gasteiger partial charge in [0.2, 0.25) is 0 Å². The minimum absolute atomic E-state index is 0.244. The fourth-order valence-corrected chi connectivity index (χ4v) is 1.77. The topological polar surface area (TPSA) is 57.5 Å². The van der Waals surface area contributed by atoms with Crippen molar-refractivity contribution >= 4 is 12.0 Å². The maximum Gasteiger partial charge on any atom is 0.198 e. The summed E-state index contributed by atoms with van der Waals surface area (Å²) in [4.78, 5) is 10.4. The third-order valence-electron chi connectivity index (χ3n) is 2.86. The van der Waals surface area contributed by atoms with Gasteiger partial charge >= 0.3 is 0 Å². The van der Waals surface area contributed by atoms with E-state index in [-0.39, 0.29) is 12.0 Å². The van der Waals surface area contributed by atoms with Crippen LogP contribution in [-0.4, -0.2) is 16.5 Å². The van der Waals surface area contributed by atoms with Gasteiger partial charge in [0.05, 0.1) is 0 Å². The maximum absolute atomic E-state index is 10.4. The van der Waals surface area contributed by atoms with Crippen LogP contribution in [0.1, 0.15) is 36.5 Å². The van der Waals surface area contributed by atoms with Crippen molar-refractivity contribution in [2.75, 3.05) is 0 Å². The number of unbranched alkanes of at least 4 members (excludes halogenated alkanes) is 1. The molecule has 0 unspecified atom stereocenters. The van der Waals surface area contributed by atoms with Crippen molar-refractivity contribution in [1.29, 1.82) is 0 Å². The number of rotatable bonds is 5. The monoisotopic (exact) mass is 234 g/mol. The predicted molar refractivity (Wildman–Crippen MR) is 68.0 cm³/mol. The van der Waals surface area contributed by atoms with Crippen LogP contribution in [-0.2, 0) is 11.2 Å². The first kappa shape index (κ1) is 13.3. The zero-order valence-electron chi connectivity index (χ0n) is 10.2. The SMILES string of the molecule is CCCCc1cccc(C(O)=C(O)C=O)c1C. The molecule has 0 heterocycles. The number of carbonyl (C=O) groups is 1. The van der Waals surface area contributed by atoms with E-state index in [1.54, 1.807) is 6.07 Å². The first-order valence-electron chi connectivity index (χ1n) is 5.78. The predicted octanol–water partition coefficient (Wildman–Crippen LogP) is 3.32. The van der Waals surface area contributed by atoms with Crippen LogP contribution in [0.4, 0.5) is 0 Å². The first-order valence-corrected chi connectivity index (χ1v) is 5.78. The van der Waals surface area contributed by atoms with Crippen LogP contribution in [0.5, 0.6) is 0 Å². The van der Waals surface area contributed by atoms with Crippen LogP contribution < -0.4 is 0 Å². The van der Waals surface area contributed by atoms with Crippen LogP contribution in [0, 0.1) is 6.92 Å². The summed E-state index contributed by atoms with van der Waals surface area (Å²) in [5.74, 6) is -0.975. The molecule has 0 atom stereocenters. The highest BCUT2D eigenvalue weighted by atomic mass is 16.3. The van der Waals surface area contributed by atoms with Crippen molar-refractivity contribution in [3.63, 3.8) is 0 Å². The standard InChI is InChI=1S/C14H18O3/c1-3-4-6-11-7-5-8-12(10(11)2)14(17)13(16)9-15/h5,7-9,16-17H,3-4,6H2,1-2H3. The normalized spacial score (nSPS) is 12.1. The zero-order chi connectivity index (χ0) is 12.8. The van der Waals surface area contributed by atoms with E-state index < -0.39 is 5.76 Å². The van der Waals surface area contributed by atoms with Crippen LogP contribution in [0.2, 0.25) is 0 Å². The maximum atomic E-state index is 10.4. The van der Waals surface area contributed by atoms with Crippen molar-refractivity contribution in [1.82, 2.24) is 0 Å². The second-order valence-electron chi connectivity index (χ2n) is 4.04. The third kappa shape index (κ3) is 3.09. The number of aryl methyl sites for hydroxylation is 1. The molecule has 3 heteroatoms. The Morgan fingerprint density at radius 1 is 1.35 bits per heavy atom. The van der Waals surface area contributed by atoms with Gasteiger partial charge in [-0.15, -0.1) is 0 Å². The van der Waals surface area contributed by atoms with Crippen molar-refractivity contribution in [3.8, 4) is 0 Å². The number of aldehydes is 1. The molecular formula is C14H18O3. The Morgan fingerprint density at radius 2 is 2.06 bits per heavy atom. The van der Waals surface area contributed by atoms with Crippen LogP contribution in [0.25, 0.3) is 5.76 Å². The van der Waals surface area contributed by atoms with E-state index >= 15 is 0 Å². The Hall–Kier alpha value is -1.77. The summed E-state index contributed by atoms with van der Waals surface area (Å²) >= 11 is 0. The van der Waals surface area contributed by atoms with E-state index in [0.717, 1.165) is 30.4 Å². The van der Waals surface area contributed by atoms with Gasteiger partial charge in [-0.1, -0.05) is 31.5 Å². The average molecular weight is 234 g/mol. The molecule has 2 N–H and O–H groups in total. The molecule has 0 fully saturated rings. The van der Waals surface area contributed by atoms with Gasteiger partial charge in [-0.05, 0) is 30.9 Å². The van der Waals surface area contributed by atoms with E-state index in [2.05, 4.69) is 6.92 Å². The summed E-state index contributed by atoms with van der Waals surface area (Å²) in [6.07, 6.45) is 3.36. The minimum atomic E-state index is -0.624. The quantitative estimate of drug-likeness (QED) is 0.467. The number of allylic oxidation sites excluding steroid dienone is 1. The van der Waals surface area contributed by atoms with Gasteiger partial charge in [-0.3, -0.25) is 4.79 Å². The molecule has 0 aliphatic carbocycles. The summed E-state index contributed by atoms with van der Waals surface area (Å²) < 4.78 is 0. The molecule has 0 radical (unpaired) electrons. The Kier molecular flexibility index (Phi) is 4.76. The third-order valence-corrected chi connectivity index (χ3v) is 2.86. The molecule has 1 aromatic carbocycles. The molecule has 92 valence electrons. The number of carbonyl (C=O) groups excluding carboxylic acids is 1. The molecule has 1 aromatic rings. The summed E-state index contributed by atoms with van der Waals surface area (Å²) in [5, 5.41) is 19.0. The Labute approximate surface area is 101 Å². The van der Waals surface area contributed by atoms with Crippen LogP contribution in [0.3, 0.4) is 0 Å². The molecule has 0 bridgehead atoms. The largest absolute Gasteiger partial charge is 0.504 e. The van der Waals surface area contributed by atoms with Gasteiger partial charge in [-0.2, -0.15) is 0 Å². The molecule has 17 heavy (non-hydrogen) atoms. The molecule has 1 rings (SSSR count). The lowest BCUT2D eigenvalue weighted by Gasteiger charge is -2.10. The van der Waals surface area contributed by atoms with Gasteiger partial charge in [0.1, 0.15) is 0 Å². The number of hydrogen-bond acceptors (Lipinski definition) is 3. The Morgan fingerprint density at radius 3 is 2.65 bits per heavy atom. The molecule has 0 spiro atoms. The molecule has 0 amide bonds. The van der Waals surface area contributed by atoms with E-state index in [9.17, 15) is 15.0 Å². The van der Waals surface area contributed by atoms with E-state index in [1.165, 1.54) is 0 Å². The first-order chi connectivity index (χ1) is 8.11. The van der Waals surface area contributed by atoms with Crippen molar-refractivity contribution < 1.29 is 15.0 Å². The Balaban J connectivity index is 3.14. The molecular weight excluding hydrogens is 216 g/mol. The van der Waals surface area contributed by atoms with Crippen molar-refractivity contribution in [2.24, 2.45) is 0 Å². The van der Waals surface area contributed by atoms with Crippen LogP contribution in [0.15, 0.2) is 24.0 Å². The van der Waals surface area contributed by atoms with Crippen molar-refractivity contribution in [3.05, 3.63) is 40.6 Å².